The number of halogens is 1. The molecule has 2 heterocycles. The van der Waals surface area contributed by atoms with Crippen LogP contribution in [0.5, 0.6) is 5.75 Å². The molecule has 3 rings (SSSR count). The van der Waals surface area contributed by atoms with E-state index < -0.39 is 17.7 Å². The highest BCUT2D eigenvalue weighted by Gasteiger charge is 2.20. The van der Waals surface area contributed by atoms with Gasteiger partial charge in [-0.1, -0.05) is 0 Å². The van der Waals surface area contributed by atoms with Crippen LogP contribution in [0, 0.1) is 5.82 Å². The molecular weight excluding hydrogens is 343 g/mol. The quantitative estimate of drug-likeness (QED) is 0.718. The van der Waals surface area contributed by atoms with Gasteiger partial charge in [-0.25, -0.2) is 19.2 Å². The van der Waals surface area contributed by atoms with E-state index in [2.05, 4.69) is 20.0 Å². The fourth-order valence-corrected chi connectivity index (χ4v) is 2.42. The highest BCUT2D eigenvalue weighted by atomic mass is 19.1. The van der Waals surface area contributed by atoms with Crippen LogP contribution in [0.3, 0.4) is 0 Å². The number of rotatable bonds is 4. The number of nitrogens with zero attached hydrogens (tertiary/aromatic N) is 3. The summed E-state index contributed by atoms with van der Waals surface area (Å²) in [5.74, 6) is -2.26. The number of carbonyl (C=O) groups excluding carboxylic acids is 2. The van der Waals surface area contributed by atoms with Gasteiger partial charge in [-0.05, 0) is 18.2 Å². The number of fused-ring (bicyclic) bond motifs is 1. The second kappa shape index (κ2) is 6.79. The number of aromatic nitrogens is 3. The fraction of sp³-hybridized carbons (Fsp3) is 0.176. The largest absolute Gasteiger partial charge is 0.494 e. The number of hydrogen-bond acceptors (Lipinski definition) is 6. The maximum absolute atomic E-state index is 13.9. The van der Waals surface area contributed by atoms with Crippen molar-refractivity contribution in [1.29, 1.82) is 0 Å². The molecule has 0 spiro atoms. The molecule has 0 atom stereocenters. The molecule has 0 saturated heterocycles. The number of carbonyl (C=O) groups is 2. The normalized spacial score (nSPS) is 10.6. The molecule has 26 heavy (non-hydrogen) atoms. The van der Waals surface area contributed by atoms with Gasteiger partial charge in [-0.15, -0.1) is 0 Å². The molecule has 9 heteroatoms. The first kappa shape index (κ1) is 17.3. The Morgan fingerprint density at radius 3 is 2.69 bits per heavy atom. The second-order valence-electron chi connectivity index (χ2n) is 5.37. The van der Waals surface area contributed by atoms with E-state index in [1.165, 1.54) is 19.2 Å². The molecule has 1 N–H and O–H groups in total. The Hall–Kier alpha value is -3.49. The van der Waals surface area contributed by atoms with Crippen LogP contribution in [0.2, 0.25) is 0 Å². The topological polar surface area (TPSA) is 95.3 Å². The lowest BCUT2D eigenvalue weighted by atomic mass is 10.1. The molecule has 2 aromatic heterocycles. The third kappa shape index (κ3) is 3.06. The summed E-state index contributed by atoms with van der Waals surface area (Å²) in [5.41, 5.74) is 1.17. The minimum Gasteiger partial charge on any atom is -0.494 e. The number of ether oxygens (including phenoxy) is 2. The Morgan fingerprint density at radius 1 is 1.23 bits per heavy atom. The number of anilines is 1. The lowest BCUT2D eigenvalue weighted by Gasteiger charge is -2.12. The van der Waals surface area contributed by atoms with E-state index in [9.17, 15) is 14.0 Å². The SMILES string of the molecule is COC(=O)c1cc(F)c(OC)cc1NC(=O)c1ccc2c(ncn2C)n1. The number of nitrogens with one attached hydrogen (secondary N) is 1. The smallest absolute Gasteiger partial charge is 0.340 e. The summed E-state index contributed by atoms with van der Waals surface area (Å²) in [7, 11) is 4.25. The second-order valence-corrected chi connectivity index (χ2v) is 5.37. The summed E-state index contributed by atoms with van der Waals surface area (Å²) < 4.78 is 25.2. The van der Waals surface area contributed by atoms with Gasteiger partial charge in [-0.2, -0.15) is 0 Å². The third-order valence-electron chi connectivity index (χ3n) is 3.77. The molecule has 8 nitrogen and oxygen atoms in total. The minimum absolute atomic E-state index is 0.0445. The summed E-state index contributed by atoms with van der Waals surface area (Å²) in [6.45, 7) is 0. The van der Waals surface area contributed by atoms with Gasteiger partial charge in [0.05, 0.1) is 37.3 Å². The summed E-state index contributed by atoms with van der Waals surface area (Å²) in [4.78, 5) is 32.7. The van der Waals surface area contributed by atoms with Crippen LogP contribution in [0.25, 0.3) is 11.2 Å². The van der Waals surface area contributed by atoms with E-state index in [0.717, 1.165) is 18.7 Å². The highest BCUT2D eigenvalue weighted by Crippen LogP contribution is 2.27. The molecule has 0 unspecified atom stereocenters. The van der Waals surface area contributed by atoms with E-state index in [1.807, 2.05) is 7.05 Å². The van der Waals surface area contributed by atoms with E-state index in [-0.39, 0.29) is 22.7 Å². The summed E-state index contributed by atoms with van der Waals surface area (Å²) >= 11 is 0. The maximum atomic E-state index is 13.9. The van der Waals surface area contributed by atoms with Gasteiger partial charge in [0.15, 0.2) is 17.2 Å². The first-order valence-corrected chi connectivity index (χ1v) is 7.50. The van der Waals surface area contributed by atoms with Crippen molar-refractivity contribution in [3.8, 4) is 5.75 Å². The molecule has 3 aromatic rings. The average molecular weight is 358 g/mol. The van der Waals surface area contributed by atoms with E-state index >= 15 is 0 Å². The lowest BCUT2D eigenvalue weighted by Crippen LogP contribution is -2.17. The van der Waals surface area contributed by atoms with Gasteiger partial charge < -0.3 is 19.4 Å². The number of esters is 1. The van der Waals surface area contributed by atoms with Crippen molar-refractivity contribution in [3.05, 3.63) is 47.7 Å². The number of hydrogen-bond donors (Lipinski definition) is 1. The summed E-state index contributed by atoms with van der Waals surface area (Å²) in [5, 5.41) is 2.53. The number of pyridine rings is 1. The van der Waals surface area contributed by atoms with Gasteiger partial charge in [0.25, 0.3) is 5.91 Å². The molecule has 0 radical (unpaired) electrons. The molecule has 0 bridgehead atoms. The van der Waals surface area contributed by atoms with Gasteiger partial charge >= 0.3 is 5.97 Å². The van der Waals surface area contributed by atoms with Crippen molar-refractivity contribution in [2.75, 3.05) is 19.5 Å². The van der Waals surface area contributed by atoms with E-state index in [4.69, 9.17) is 4.74 Å². The van der Waals surface area contributed by atoms with Crippen molar-refractivity contribution in [2.24, 2.45) is 7.05 Å². The number of imidazole rings is 1. The van der Waals surface area contributed by atoms with Crippen molar-refractivity contribution in [2.45, 2.75) is 0 Å². The van der Waals surface area contributed by atoms with Crippen LogP contribution >= 0.6 is 0 Å². The molecule has 0 saturated carbocycles. The van der Waals surface area contributed by atoms with Gasteiger partial charge in [0.1, 0.15) is 5.69 Å². The fourth-order valence-electron chi connectivity index (χ4n) is 2.42. The number of benzene rings is 1. The van der Waals surface area contributed by atoms with Crippen molar-refractivity contribution < 1.29 is 23.5 Å². The number of aryl methyl sites for hydroxylation is 1. The predicted molar refractivity (Wildman–Crippen MR) is 90.8 cm³/mol. The first-order valence-electron chi connectivity index (χ1n) is 7.50. The lowest BCUT2D eigenvalue weighted by molar-refractivity contribution is 0.0601. The Balaban J connectivity index is 1.97. The molecule has 0 aliphatic rings. The van der Waals surface area contributed by atoms with Crippen LogP contribution < -0.4 is 10.1 Å². The van der Waals surface area contributed by atoms with Crippen molar-refractivity contribution in [1.82, 2.24) is 14.5 Å². The zero-order valence-corrected chi connectivity index (χ0v) is 14.2. The first-order chi connectivity index (χ1) is 12.4. The maximum Gasteiger partial charge on any atom is 0.340 e. The molecule has 134 valence electrons. The molecule has 0 aliphatic carbocycles. The molecular formula is C17H15FN4O4. The van der Waals surface area contributed by atoms with Gasteiger partial charge in [-0.3, -0.25) is 4.79 Å². The Labute approximate surface area is 147 Å². The molecule has 0 aliphatic heterocycles. The van der Waals surface area contributed by atoms with Crippen molar-refractivity contribution >= 4 is 28.7 Å². The summed E-state index contributed by atoms with van der Waals surface area (Å²) in [6, 6.07) is 5.38. The third-order valence-corrected chi connectivity index (χ3v) is 3.77. The monoisotopic (exact) mass is 358 g/mol. The van der Waals surface area contributed by atoms with Gasteiger partial charge in [0, 0.05) is 13.1 Å². The van der Waals surface area contributed by atoms with E-state index in [1.54, 1.807) is 17.0 Å². The van der Waals surface area contributed by atoms with Crippen LogP contribution in [0.1, 0.15) is 20.8 Å². The zero-order valence-electron chi connectivity index (χ0n) is 14.2. The van der Waals surface area contributed by atoms with Crippen LogP contribution in [0.15, 0.2) is 30.6 Å². The standard InChI is InChI=1S/C17H15FN4O4/c1-22-8-19-15-13(22)5-4-11(20-15)16(23)21-12-7-14(25-2)10(18)6-9(12)17(24)26-3/h4-8H,1-3H3,(H,21,23). The highest BCUT2D eigenvalue weighted by molar-refractivity contribution is 6.07. The number of amides is 1. The van der Waals surface area contributed by atoms with Crippen LogP contribution in [-0.4, -0.2) is 40.6 Å². The van der Waals surface area contributed by atoms with Gasteiger partial charge in [0.2, 0.25) is 0 Å². The summed E-state index contributed by atoms with van der Waals surface area (Å²) in [6.07, 6.45) is 1.58. The van der Waals surface area contributed by atoms with E-state index in [0.29, 0.717) is 5.65 Å². The molecule has 1 amide bonds. The Morgan fingerprint density at radius 2 is 2.00 bits per heavy atom. The average Bonchev–Trinajstić information content (AvgIpc) is 3.02. The van der Waals surface area contributed by atoms with Crippen molar-refractivity contribution in [3.63, 3.8) is 0 Å². The number of methoxy groups -OCH3 is 2. The van der Waals surface area contributed by atoms with Crippen LogP contribution in [0.4, 0.5) is 10.1 Å². The predicted octanol–water partition coefficient (Wildman–Crippen LogP) is 2.15. The Bertz CT molecular complexity index is 1020. The molecule has 0 fully saturated rings. The Kier molecular flexibility index (Phi) is 4.53. The zero-order chi connectivity index (χ0) is 18.8. The molecule has 1 aromatic carbocycles. The minimum atomic E-state index is -0.796. The van der Waals surface area contributed by atoms with Crippen LogP contribution in [-0.2, 0) is 11.8 Å².